The highest BCUT2D eigenvalue weighted by molar-refractivity contribution is 7.86. The molecule has 1 aromatic carbocycles. The zero-order valence-electron chi connectivity index (χ0n) is 11.7. The summed E-state index contributed by atoms with van der Waals surface area (Å²) in [6.07, 6.45) is 0.408. The lowest BCUT2D eigenvalue weighted by molar-refractivity contribution is -0.137. The zero-order valence-corrected chi connectivity index (χ0v) is 12.5. The first-order valence-electron chi connectivity index (χ1n) is 6.27. The molecule has 0 spiro atoms. The molecule has 1 rings (SSSR count). The molecule has 0 fully saturated rings. The van der Waals surface area contributed by atoms with Crippen molar-refractivity contribution >= 4 is 16.2 Å². The van der Waals surface area contributed by atoms with E-state index < -0.39 is 16.2 Å². The number of carboxylic acids is 1. The average molecular weight is 300 g/mol. The molecule has 1 aromatic rings. The number of likely N-dealkylation sites (N-methyl/N-ethyl adjacent to an activating group) is 1. The third kappa shape index (κ3) is 4.92. The van der Waals surface area contributed by atoms with Gasteiger partial charge in [-0.1, -0.05) is 30.3 Å². The molecule has 6 nitrogen and oxygen atoms in total. The van der Waals surface area contributed by atoms with Crippen LogP contribution in [0.4, 0.5) is 0 Å². The fourth-order valence-electron chi connectivity index (χ4n) is 1.65. The van der Waals surface area contributed by atoms with E-state index in [2.05, 4.69) is 0 Å². The standard InChI is InChI=1S/C13H20N2O4S/c1-14(10-8-12-6-4-3-5-7-12)20(18,19)15(2)11-9-13(16)17/h3-7H,8-11H2,1-2H3,(H,16,17). The first-order chi connectivity index (χ1) is 9.34. The number of nitrogens with zero attached hydrogens (tertiary/aromatic N) is 2. The highest BCUT2D eigenvalue weighted by Gasteiger charge is 2.23. The largest absolute Gasteiger partial charge is 0.481 e. The van der Waals surface area contributed by atoms with Crippen molar-refractivity contribution in [2.24, 2.45) is 0 Å². The van der Waals surface area contributed by atoms with E-state index in [0.29, 0.717) is 13.0 Å². The molecule has 0 radical (unpaired) electrons. The summed E-state index contributed by atoms with van der Waals surface area (Å²) in [6.45, 7) is 0.317. The van der Waals surface area contributed by atoms with Gasteiger partial charge in [-0.3, -0.25) is 4.79 Å². The monoisotopic (exact) mass is 300 g/mol. The summed E-state index contributed by atoms with van der Waals surface area (Å²) >= 11 is 0. The quantitative estimate of drug-likeness (QED) is 0.771. The molecule has 112 valence electrons. The third-order valence-electron chi connectivity index (χ3n) is 2.99. The second-order valence-corrected chi connectivity index (χ2v) is 6.67. The smallest absolute Gasteiger partial charge is 0.304 e. The third-order valence-corrected chi connectivity index (χ3v) is 4.93. The van der Waals surface area contributed by atoms with Crippen LogP contribution in [0.15, 0.2) is 30.3 Å². The molecule has 0 saturated carbocycles. The fourth-order valence-corrected chi connectivity index (χ4v) is 2.77. The van der Waals surface area contributed by atoms with Gasteiger partial charge in [-0.25, -0.2) is 0 Å². The number of rotatable bonds is 8. The van der Waals surface area contributed by atoms with Crippen LogP contribution in [0.2, 0.25) is 0 Å². The van der Waals surface area contributed by atoms with Gasteiger partial charge in [-0.15, -0.1) is 0 Å². The minimum atomic E-state index is -3.60. The highest BCUT2D eigenvalue weighted by atomic mass is 32.2. The molecular weight excluding hydrogens is 280 g/mol. The maximum atomic E-state index is 12.1. The molecule has 0 aliphatic carbocycles. The Morgan fingerprint density at radius 3 is 2.20 bits per heavy atom. The van der Waals surface area contributed by atoms with Crippen molar-refractivity contribution in [3.8, 4) is 0 Å². The van der Waals surface area contributed by atoms with Gasteiger partial charge < -0.3 is 5.11 Å². The Hall–Kier alpha value is -1.44. The van der Waals surface area contributed by atoms with Crippen LogP contribution in [-0.2, 0) is 21.4 Å². The van der Waals surface area contributed by atoms with E-state index in [1.165, 1.54) is 18.4 Å². The van der Waals surface area contributed by atoms with Gasteiger partial charge in [-0.2, -0.15) is 17.0 Å². The maximum absolute atomic E-state index is 12.1. The Balaban J connectivity index is 2.56. The van der Waals surface area contributed by atoms with Gasteiger partial charge in [0.25, 0.3) is 10.2 Å². The Morgan fingerprint density at radius 2 is 1.65 bits per heavy atom. The van der Waals surface area contributed by atoms with E-state index in [-0.39, 0.29) is 13.0 Å². The van der Waals surface area contributed by atoms with Crippen LogP contribution < -0.4 is 0 Å². The minimum absolute atomic E-state index is 0.0344. The van der Waals surface area contributed by atoms with E-state index in [1.807, 2.05) is 30.3 Å². The SMILES string of the molecule is CN(CCC(=O)O)S(=O)(=O)N(C)CCc1ccccc1. The summed E-state index contributed by atoms with van der Waals surface area (Å²) < 4.78 is 26.5. The molecule has 7 heteroatoms. The van der Waals surface area contributed by atoms with Crippen LogP contribution >= 0.6 is 0 Å². The first kappa shape index (κ1) is 16.6. The van der Waals surface area contributed by atoms with Crippen molar-refractivity contribution in [3.63, 3.8) is 0 Å². The van der Waals surface area contributed by atoms with Crippen molar-refractivity contribution in [2.75, 3.05) is 27.2 Å². The summed E-state index contributed by atoms with van der Waals surface area (Å²) in [5.74, 6) is -1.01. The minimum Gasteiger partial charge on any atom is -0.481 e. The molecule has 1 N–H and O–H groups in total. The van der Waals surface area contributed by atoms with Crippen LogP contribution in [0, 0.1) is 0 Å². The van der Waals surface area contributed by atoms with E-state index in [0.717, 1.165) is 9.87 Å². The summed E-state index contributed by atoms with van der Waals surface area (Å²) in [6, 6.07) is 9.60. The average Bonchev–Trinajstić information content (AvgIpc) is 2.42. The number of hydrogen-bond acceptors (Lipinski definition) is 3. The van der Waals surface area contributed by atoms with Gasteiger partial charge in [0.2, 0.25) is 0 Å². The normalized spacial score (nSPS) is 12.0. The molecule has 20 heavy (non-hydrogen) atoms. The molecule has 0 aliphatic rings. The van der Waals surface area contributed by atoms with E-state index in [1.54, 1.807) is 0 Å². The lowest BCUT2D eigenvalue weighted by Gasteiger charge is -2.23. The molecule has 0 amide bonds. The second-order valence-electron chi connectivity index (χ2n) is 4.53. The van der Waals surface area contributed by atoms with Crippen molar-refractivity contribution in [3.05, 3.63) is 35.9 Å². The molecule has 0 heterocycles. The van der Waals surface area contributed by atoms with Crippen LogP contribution in [-0.4, -0.2) is 55.3 Å². The van der Waals surface area contributed by atoms with Crippen molar-refractivity contribution in [1.29, 1.82) is 0 Å². The lowest BCUT2D eigenvalue weighted by atomic mass is 10.2. The predicted molar refractivity (Wildman–Crippen MR) is 76.6 cm³/mol. The molecule has 0 aliphatic heterocycles. The van der Waals surface area contributed by atoms with Gasteiger partial charge in [0, 0.05) is 27.2 Å². The van der Waals surface area contributed by atoms with Crippen LogP contribution in [0.3, 0.4) is 0 Å². The summed E-state index contributed by atoms with van der Waals surface area (Å²) in [5.41, 5.74) is 1.06. The number of hydrogen-bond donors (Lipinski definition) is 1. The van der Waals surface area contributed by atoms with Crippen LogP contribution in [0.1, 0.15) is 12.0 Å². The zero-order chi connectivity index (χ0) is 15.2. The highest BCUT2D eigenvalue weighted by Crippen LogP contribution is 2.07. The molecular formula is C13H20N2O4S. The molecule has 0 bridgehead atoms. The fraction of sp³-hybridized carbons (Fsp3) is 0.462. The summed E-state index contributed by atoms with van der Waals surface area (Å²) in [4.78, 5) is 10.5. The Bertz CT molecular complexity index is 531. The van der Waals surface area contributed by atoms with Gasteiger partial charge >= 0.3 is 5.97 Å². The summed E-state index contributed by atoms with van der Waals surface area (Å²) in [7, 11) is -0.720. The van der Waals surface area contributed by atoms with Crippen LogP contribution in [0.5, 0.6) is 0 Å². The molecule has 0 unspecified atom stereocenters. The molecule has 0 atom stereocenters. The predicted octanol–water partition coefficient (Wildman–Crippen LogP) is 0.812. The Labute approximate surface area is 119 Å². The van der Waals surface area contributed by atoms with Crippen molar-refractivity contribution < 1.29 is 18.3 Å². The van der Waals surface area contributed by atoms with E-state index in [9.17, 15) is 13.2 Å². The Morgan fingerprint density at radius 1 is 1.10 bits per heavy atom. The van der Waals surface area contributed by atoms with Gasteiger partial charge in [-0.05, 0) is 12.0 Å². The second kappa shape index (κ2) is 7.37. The number of carbonyl (C=O) groups is 1. The van der Waals surface area contributed by atoms with Crippen LogP contribution in [0.25, 0.3) is 0 Å². The number of carboxylic acid groups (broad SMARTS) is 1. The topological polar surface area (TPSA) is 77.9 Å². The molecule has 0 aromatic heterocycles. The number of aliphatic carboxylic acids is 1. The van der Waals surface area contributed by atoms with Crippen molar-refractivity contribution in [1.82, 2.24) is 8.61 Å². The van der Waals surface area contributed by atoms with E-state index in [4.69, 9.17) is 5.11 Å². The maximum Gasteiger partial charge on any atom is 0.304 e. The molecule has 0 saturated heterocycles. The number of benzene rings is 1. The lowest BCUT2D eigenvalue weighted by Crippen LogP contribution is -2.41. The first-order valence-corrected chi connectivity index (χ1v) is 7.67. The van der Waals surface area contributed by atoms with Crippen molar-refractivity contribution in [2.45, 2.75) is 12.8 Å². The van der Waals surface area contributed by atoms with Gasteiger partial charge in [0.15, 0.2) is 0 Å². The Kier molecular flexibility index (Phi) is 6.12. The summed E-state index contributed by atoms with van der Waals surface area (Å²) in [5, 5.41) is 8.58. The van der Waals surface area contributed by atoms with Gasteiger partial charge in [0.05, 0.1) is 6.42 Å². The van der Waals surface area contributed by atoms with E-state index >= 15 is 0 Å². The van der Waals surface area contributed by atoms with Gasteiger partial charge in [0.1, 0.15) is 0 Å².